The van der Waals surface area contributed by atoms with E-state index < -0.39 is 0 Å². The fraction of sp³-hybridized carbons (Fsp3) is 0.875. The largest absolute Gasteiger partial charge is 0.369 e. The molecule has 1 rings (SSSR count). The fourth-order valence-electron chi connectivity index (χ4n) is 1.27. The van der Waals surface area contributed by atoms with Crippen molar-refractivity contribution >= 4 is 5.84 Å². The van der Waals surface area contributed by atoms with Gasteiger partial charge in [-0.3, -0.25) is 4.99 Å². The van der Waals surface area contributed by atoms with E-state index >= 15 is 0 Å². The summed E-state index contributed by atoms with van der Waals surface area (Å²) in [5.74, 6) is 1.19. The van der Waals surface area contributed by atoms with Crippen molar-refractivity contribution in [3.05, 3.63) is 0 Å². The lowest BCUT2D eigenvalue weighted by Crippen LogP contribution is -2.29. The molecule has 0 aromatic carbocycles. The van der Waals surface area contributed by atoms with Crippen molar-refractivity contribution in [1.29, 1.82) is 0 Å². The van der Waals surface area contributed by atoms with Gasteiger partial charge in [-0.1, -0.05) is 20.3 Å². The molecule has 1 aliphatic heterocycles. The number of nitrogens with one attached hydrogen (secondary N) is 1. The summed E-state index contributed by atoms with van der Waals surface area (Å²) in [6.45, 7) is 5.35. The highest BCUT2D eigenvalue weighted by Crippen LogP contribution is 2.04. The molecule has 0 saturated heterocycles. The highest BCUT2D eigenvalue weighted by atomic mass is 15.1. The first-order valence-corrected chi connectivity index (χ1v) is 4.16. The molecule has 0 radical (unpaired) electrons. The van der Waals surface area contributed by atoms with Crippen LogP contribution < -0.4 is 5.32 Å². The molecule has 58 valence electrons. The van der Waals surface area contributed by atoms with Crippen LogP contribution >= 0.6 is 0 Å². The van der Waals surface area contributed by atoms with Gasteiger partial charge >= 0.3 is 0 Å². The predicted molar refractivity (Wildman–Crippen MR) is 44.4 cm³/mol. The minimum Gasteiger partial charge on any atom is -0.369 e. The van der Waals surface area contributed by atoms with Gasteiger partial charge in [0.25, 0.3) is 0 Å². The summed E-state index contributed by atoms with van der Waals surface area (Å²) in [5, 5.41) is 3.39. The van der Waals surface area contributed by atoms with Gasteiger partial charge in [0.1, 0.15) is 0 Å². The van der Waals surface area contributed by atoms with Crippen molar-refractivity contribution in [2.45, 2.75) is 39.2 Å². The van der Waals surface area contributed by atoms with Gasteiger partial charge in [0.05, 0.1) is 12.4 Å². The van der Waals surface area contributed by atoms with Crippen molar-refractivity contribution in [2.75, 3.05) is 6.54 Å². The van der Waals surface area contributed by atoms with Crippen LogP contribution in [0.2, 0.25) is 0 Å². The standard InChI is InChI=1S/C8H16N2/c1-3-5-7-6-9-8(4-2)10-7/h7H,3-6H2,1-2H3,(H,9,10). The van der Waals surface area contributed by atoms with Crippen molar-refractivity contribution in [2.24, 2.45) is 4.99 Å². The molecule has 0 aliphatic carbocycles. The van der Waals surface area contributed by atoms with Gasteiger partial charge in [0.2, 0.25) is 0 Å². The first-order valence-electron chi connectivity index (χ1n) is 4.16. The summed E-state index contributed by atoms with van der Waals surface area (Å²) in [6.07, 6.45) is 3.57. The Hall–Kier alpha value is -0.530. The van der Waals surface area contributed by atoms with Crippen molar-refractivity contribution in [1.82, 2.24) is 5.32 Å². The molecule has 1 unspecified atom stereocenters. The number of rotatable bonds is 3. The Morgan fingerprint density at radius 1 is 1.60 bits per heavy atom. The molecule has 1 N–H and O–H groups in total. The van der Waals surface area contributed by atoms with Crippen molar-refractivity contribution in [3.63, 3.8) is 0 Å². The molecule has 0 fully saturated rings. The summed E-state index contributed by atoms with van der Waals surface area (Å²) in [4.78, 5) is 4.36. The third-order valence-corrected chi connectivity index (χ3v) is 1.85. The third-order valence-electron chi connectivity index (χ3n) is 1.85. The molecule has 0 aromatic heterocycles. The quantitative estimate of drug-likeness (QED) is 0.632. The van der Waals surface area contributed by atoms with E-state index in [4.69, 9.17) is 0 Å². The highest BCUT2D eigenvalue weighted by molar-refractivity contribution is 5.83. The fourth-order valence-corrected chi connectivity index (χ4v) is 1.27. The summed E-state index contributed by atoms with van der Waals surface area (Å²) in [6, 6.07) is 0.639. The smallest absolute Gasteiger partial charge is 0.0963 e. The van der Waals surface area contributed by atoms with E-state index in [0.29, 0.717) is 6.04 Å². The maximum absolute atomic E-state index is 4.36. The molecule has 0 aromatic rings. The van der Waals surface area contributed by atoms with Crippen LogP contribution in [0.5, 0.6) is 0 Å². The molecule has 2 nitrogen and oxygen atoms in total. The summed E-state index contributed by atoms with van der Waals surface area (Å²) in [5.41, 5.74) is 0. The van der Waals surface area contributed by atoms with Crippen LogP contribution in [0.4, 0.5) is 0 Å². The number of hydrogen-bond donors (Lipinski definition) is 1. The molecule has 0 amide bonds. The molecule has 0 saturated carbocycles. The molecule has 2 heteroatoms. The second-order valence-corrected chi connectivity index (χ2v) is 2.77. The zero-order valence-corrected chi connectivity index (χ0v) is 6.85. The average Bonchev–Trinajstić information content (AvgIpc) is 2.37. The van der Waals surface area contributed by atoms with Crippen molar-refractivity contribution < 1.29 is 0 Å². The lowest BCUT2D eigenvalue weighted by atomic mass is 10.2. The third kappa shape index (κ3) is 1.72. The van der Waals surface area contributed by atoms with Crippen LogP contribution in [-0.2, 0) is 0 Å². The molecule has 1 heterocycles. The predicted octanol–water partition coefficient (Wildman–Crippen LogP) is 1.57. The van der Waals surface area contributed by atoms with Crippen molar-refractivity contribution in [3.8, 4) is 0 Å². The lowest BCUT2D eigenvalue weighted by molar-refractivity contribution is 0.590. The van der Waals surface area contributed by atoms with E-state index in [0.717, 1.165) is 13.0 Å². The molecule has 10 heavy (non-hydrogen) atoms. The molecular formula is C8H16N2. The zero-order chi connectivity index (χ0) is 7.40. The van der Waals surface area contributed by atoms with Gasteiger partial charge in [-0.2, -0.15) is 0 Å². The Morgan fingerprint density at radius 2 is 2.40 bits per heavy atom. The van der Waals surface area contributed by atoms with Crippen LogP contribution in [0, 0.1) is 0 Å². The number of amidine groups is 1. The van der Waals surface area contributed by atoms with Crippen LogP contribution in [0.15, 0.2) is 4.99 Å². The van der Waals surface area contributed by atoms with E-state index in [-0.39, 0.29) is 0 Å². The maximum atomic E-state index is 4.36. The molecule has 1 aliphatic rings. The molecular weight excluding hydrogens is 124 g/mol. The van der Waals surface area contributed by atoms with Crippen LogP contribution in [0.3, 0.4) is 0 Å². The molecule has 0 spiro atoms. The van der Waals surface area contributed by atoms with E-state index in [9.17, 15) is 0 Å². The number of aliphatic imine (C=N–C) groups is 1. The number of nitrogens with zero attached hydrogens (tertiary/aromatic N) is 1. The van der Waals surface area contributed by atoms with E-state index in [1.54, 1.807) is 0 Å². The second kappa shape index (κ2) is 3.59. The van der Waals surface area contributed by atoms with Gasteiger partial charge in [0, 0.05) is 12.5 Å². The Bertz CT molecular complexity index is 129. The summed E-state index contributed by atoms with van der Waals surface area (Å²) in [7, 11) is 0. The van der Waals surface area contributed by atoms with Crippen LogP contribution in [-0.4, -0.2) is 18.4 Å². The normalized spacial score (nSPS) is 24.2. The van der Waals surface area contributed by atoms with Gasteiger partial charge < -0.3 is 5.32 Å². The van der Waals surface area contributed by atoms with Gasteiger partial charge in [-0.15, -0.1) is 0 Å². The Kier molecular flexibility index (Phi) is 2.72. The maximum Gasteiger partial charge on any atom is 0.0963 e. The zero-order valence-electron chi connectivity index (χ0n) is 6.85. The summed E-state index contributed by atoms with van der Waals surface area (Å²) >= 11 is 0. The molecule has 1 atom stereocenters. The molecule has 0 bridgehead atoms. The topological polar surface area (TPSA) is 24.4 Å². The minimum atomic E-state index is 0.639. The lowest BCUT2D eigenvalue weighted by Gasteiger charge is -2.08. The second-order valence-electron chi connectivity index (χ2n) is 2.77. The Morgan fingerprint density at radius 3 is 2.90 bits per heavy atom. The van der Waals surface area contributed by atoms with E-state index in [1.807, 2.05) is 0 Å². The monoisotopic (exact) mass is 140 g/mol. The van der Waals surface area contributed by atoms with Gasteiger partial charge in [-0.25, -0.2) is 0 Å². The van der Waals surface area contributed by atoms with Gasteiger partial charge in [-0.05, 0) is 6.42 Å². The Labute approximate surface area is 62.7 Å². The average molecular weight is 140 g/mol. The van der Waals surface area contributed by atoms with Gasteiger partial charge in [0.15, 0.2) is 0 Å². The highest BCUT2D eigenvalue weighted by Gasteiger charge is 2.13. The SMILES string of the molecule is CCCC1CN=C(CC)N1. The van der Waals surface area contributed by atoms with Crippen LogP contribution in [0.1, 0.15) is 33.1 Å². The Balaban J connectivity index is 2.22. The summed E-state index contributed by atoms with van der Waals surface area (Å²) < 4.78 is 0. The van der Waals surface area contributed by atoms with Crippen LogP contribution in [0.25, 0.3) is 0 Å². The van der Waals surface area contributed by atoms with E-state index in [1.165, 1.54) is 18.7 Å². The first kappa shape index (κ1) is 7.58. The number of hydrogen-bond acceptors (Lipinski definition) is 2. The minimum absolute atomic E-state index is 0.639. The first-order chi connectivity index (χ1) is 4.86. The van der Waals surface area contributed by atoms with E-state index in [2.05, 4.69) is 24.2 Å².